The van der Waals surface area contributed by atoms with E-state index in [-0.39, 0.29) is 30.7 Å². The lowest BCUT2D eigenvalue weighted by atomic mass is 10.2. The largest absolute Gasteiger partial charge is 0.350 e. The number of para-hydroxylation sites is 1. The predicted octanol–water partition coefficient (Wildman–Crippen LogP) is 3.19. The van der Waals surface area contributed by atoms with Crippen LogP contribution < -0.4 is 5.32 Å². The molecule has 3 rings (SSSR count). The molecule has 1 heterocycles. The average molecular weight is 406 g/mol. The molecule has 2 aromatic carbocycles. The van der Waals surface area contributed by atoms with Gasteiger partial charge in [-0.3, -0.25) is 9.59 Å². The van der Waals surface area contributed by atoms with Gasteiger partial charge in [-0.2, -0.15) is 5.10 Å². The summed E-state index contributed by atoms with van der Waals surface area (Å²) in [5, 5.41) is 7.03. The van der Waals surface area contributed by atoms with E-state index in [1.165, 1.54) is 23.1 Å². The monoisotopic (exact) mass is 406 g/mol. The van der Waals surface area contributed by atoms with Crippen LogP contribution in [0.2, 0.25) is 0 Å². The molecule has 154 valence electrons. The summed E-state index contributed by atoms with van der Waals surface area (Å²) in [6.45, 7) is 2.44. The van der Waals surface area contributed by atoms with Gasteiger partial charge in [0.15, 0.2) is 0 Å². The molecule has 0 aliphatic heterocycles. The van der Waals surface area contributed by atoms with Crippen LogP contribution in [0.15, 0.2) is 73.1 Å². The zero-order valence-corrected chi connectivity index (χ0v) is 16.7. The van der Waals surface area contributed by atoms with Crippen molar-refractivity contribution in [2.45, 2.75) is 13.5 Å². The summed E-state index contributed by atoms with van der Waals surface area (Å²) in [6.07, 6.45) is 6.60. The van der Waals surface area contributed by atoms with Gasteiger partial charge in [-0.15, -0.1) is 0 Å². The summed E-state index contributed by atoms with van der Waals surface area (Å²) in [5.74, 6) is -0.865. The maximum atomic E-state index is 12.9. The van der Waals surface area contributed by atoms with Gasteiger partial charge in [-0.25, -0.2) is 9.07 Å². The van der Waals surface area contributed by atoms with Crippen LogP contribution in [0, 0.1) is 5.82 Å². The van der Waals surface area contributed by atoms with Gasteiger partial charge in [0.1, 0.15) is 5.82 Å². The summed E-state index contributed by atoms with van der Waals surface area (Å²) in [4.78, 5) is 26.1. The van der Waals surface area contributed by atoms with E-state index in [0.29, 0.717) is 6.54 Å². The molecule has 1 N–H and O–H groups in total. The number of carbonyl (C=O) groups is 2. The molecule has 0 aliphatic carbocycles. The van der Waals surface area contributed by atoms with E-state index < -0.39 is 0 Å². The SMILES string of the molecule is CCN(CC(=O)NCc1ccc(F)cc1)C(=O)/C=C/c1cnn(-c2ccccc2)c1. The van der Waals surface area contributed by atoms with Crippen molar-refractivity contribution in [3.8, 4) is 5.69 Å². The highest BCUT2D eigenvalue weighted by molar-refractivity contribution is 5.94. The molecule has 1 aromatic heterocycles. The molecule has 0 aliphatic rings. The molecule has 7 heteroatoms. The van der Waals surface area contributed by atoms with Crippen LogP contribution in [-0.4, -0.2) is 39.6 Å². The topological polar surface area (TPSA) is 67.2 Å². The smallest absolute Gasteiger partial charge is 0.247 e. The van der Waals surface area contributed by atoms with Crippen molar-refractivity contribution in [1.29, 1.82) is 0 Å². The van der Waals surface area contributed by atoms with E-state index in [0.717, 1.165) is 16.8 Å². The Labute approximate surface area is 174 Å². The van der Waals surface area contributed by atoms with Gasteiger partial charge in [-0.05, 0) is 42.8 Å². The second-order valence-corrected chi connectivity index (χ2v) is 6.64. The number of aromatic nitrogens is 2. The molecule has 0 radical (unpaired) electrons. The summed E-state index contributed by atoms with van der Waals surface area (Å²) in [5.41, 5.74) is 2.50. The van der Waals surface area contributed by atoms with Crippen molar-refractivity contribution in [2.75, 3.05) is 13.1 Å². The molecule has 0 fully saturated rings. The number of halogens is 1. The highest BCUT2D eigenvalue weighted by Gasteiger charge is 2.13. The van der Waals surface area contributed by atoms with E-state index in [9.17, 15) is 14.0 Å². The van der Waals surface area contributed by atoms with Crippen LogP contribution >= 0.6 is 0 Å². The fourth-order valence-corrected chi connectivity index (χ4v) is 2.80. The van der Waals surface area contributed by atoms with E-state index in [1.54, 1.807) is 29.1 Å². The normalized spacial score (nSPS) is 10.9. The molecule has 0 saturated carbocycles. The van der Waals surface area contributed by atoms with Gasteiger partial charge >= 0.3 is 0 Å². The number of amides is 2. The molecule has 0 unspecified atom stereocenters. The van der Waals surface area contributed by atoms with Crippen LogP contribution in [0.3, 0.4) is 0 Å². The second kappa shape index (κ2) is 10.2. The van der Waals surface area contributed by atoms with Gasteiger partial charge in [0.05, 0.1) is 18.4 Å². The Hall–Kier alpha value is -3.74. The van der Waals surface area contributed by atoms with Crippen molar-refractivity contribution in [3.63, 3.8) is 0 Å². The Bertz CT molecular complexity index is 1010. The molecule has 2 amide bonds. The van der Waals surface area contributed by atoms with Gasteiger partial charge in [0.2, 0.25) is 11.8 Å². The first-order valence-electron chi connectivity index (χ1n) is 9.63. The number of benzene rings is 2. The van der Waals surface area contributed by atoms with Gasteiger partial charge in [0.25, 0.3) is 0 Å². The van der Waals surface area contributed by atoms with Crippen molar-refractivity contribution in [2.24, 2.45) is 0 Å². The fourth-order valence-electron chi connectivity index (χ4n) is 2.80. The number of rotatable bonds is 8. The van der Waals surface area contributed by atoms with Crippen LogP contribution in [0.4, 0.5) is 4.39 Å². The van der Waals surface area contributed by atoms with Gasteiger partial charge < -0.3 is 10.2 Å². The minimum Gasteiger partial charge on any atom is -0.350 e. The summed E-state index contributed by atoms with van der Waals surface area (Å²) >= 11 is 0. The first-order chi connectivity index (χ1) is 14.5. The van der Waals surface area contributed by atoms with Gasteiger partial charge in [0, 0.05) is 30.9 Å². The second-order valence-electron chi connectivity index (χ2n) is 6.64. The Balaban J connectivity index is 1.53. The van der Waals surface area contributed by atoms with Crippen LogP contribution in [0.1, 0.15) is 18.1 Å². The molecular formula is C23H23FN4O2. The third kappa shape index (κ3) is 5.88. The third-order valence-corrected chi connectivity index (χ3v) is 4.47. The molecule has 0 saturated heterocycles. The Morgan fingerprint density at radius 1 is 1.13 bits per heavy atom. The molecule has 3 aromatic rings. The lowest BCUT2D eigenvalue weighted by Crippen LogP contribution is -2.39. The molecule has 0 bridgehead atoms. The minimum atomic E-state index is -0.325. The molecule has 0 spiro atoms. The first kappa shape index (κ1) is 21.0. The Kier molecular flexibility index (Phi) is 7.10. The zero-order valence-electron chi connectivity index (χ0n) is 16.7. The van der Waals surface area contributed by atoms with Crippen LogP contribution in [0.25, 0.3) is 11.8 Å². The van der Waals surface area contributed by atoms with E-state index in [1.807, 2.05) is 43.5 Å². The van der Waals surface area contributed by atoms with Crippen LogP contribution in [-0.2, 0) is 16.1 Å². The number of carbonyl (C=O) groups excluding carboxylic acids is 2. The van der Waals surface area contributed by atoms with E-state index >= 15 is 0 Å². The number of nitrogens with zero attached hydrogens (tertiary/aromatic N) is 3. The highest BCUT2D eigenvalue weighted by atomic mass is 19.1. The molecule has 0 atom stereocenters. The number of likely N-dealkylation sites (N-methyl/N-ethyl adjacent to an activating group) is 1. The number of nitrogens with one attached hydrogen (secondary N) is 1. The highest BCUT2D eigenvalue weighted by Crippen LogP contribution is 2.09. The van der Waals surface area contributed by atoms with Gasteiger partial charge in [-0.1, -0.05) is 30.3 Å². The predicted molar refractivity (Wildman–Crippen MR) is 113 cm³/mol. The van der Waals surface area contributed by atoms with Crippen molar-refractivity contribution in [3.05, 3.63) is 90.0 Å². The minimum absolute atomic E-state index is 0.0514. The standard InChI is InChI=1S/C23H23FN4O2/c1-2-27(17-22(29)25-14-18-8-11-20(24)12-9-18)23(30)13-10-19-15-26-28(16-19)21-6-4-3-5-7-21/h3-13,15-16H,2,14,17H2,1H3,(H,25,29)/b13-10+. The van der Waals surface area contributed by atoms with Crippen molar-refractivity contribution < 1.29 is 14.0 Å². The Morgan fingerprint density at radius 2 is 1.87 bits per heavy atom. The third-order valence-electron chi connectivity index (χ3n) is 4.47. The molecule has 30 heavy (non-hydrogen) atoms. The lowest BCUT2D eigenvalue weighted by Gasteiger charge is -2.18. The van der Waals surface area contributed by atoms with Crippen molar-refractivity contribution >= 4 is 17.9 Å². The molecular weight excluding hydrogens is 383 g/mol. The summed E-state index contributed by atoms with van der Waals surface area (Å²) in [6, 6.07) is 15.6. The summed E-state index contributed by atoms with van der Waals surface area (Å²) in [7, 11) is 0. The zero-order chi connectivity index (χ0) is 21.3. The maximum absolute atomic E-state index is 12.9. The molecule has 6 nitrogen and oxygen atoms in total. The quantitative estimate of drug-likeness (QED) is 0.584. The number of hydrogen-bond acceptors (Lipinski definition) is 3. The lowest BCUT2D eigenvalue weighted by molar-refractivity contribution is -0.132. The summed E-state index contributed by atoms with van der Waals surface area (Å²) < 4.78 is 14.7. The van der Waals surface area contributed by atoms with E-state index in [2.05, 4.69) is 10.4 Å². The Morgan fingerprint density at radius 3 is 2.57 bits per heavy atom. The average Bonchev–Trinajstić information content (AvgIpc) is 3.25. The van der Waals surface area contributed by atoms with Crippen molar-refractivity contribution in [1.82, 2.24) is 20.0 Å². The van der Waals surface area contributed by atoms with Crippen LogP contribution in [0.5, 0.6) is 0 Å². The van der Waals surface area contributed by atoms with E-state index in [4.69, 9.17) is 0 Å². The first-order valence-corrected chi connectivity index (χ1v) is 9.63. The number of hydrogen-bond donors (Lipinski definition) is 1. The maximum Gasteiger partial charge on any atom is 0.247 e. The fraction of sp³-hybridized carbons (Fsp3) is 0.174.